The molecule has 1 heterocycles. The van der Waals surface area contributed by atoms with Gasteiger partial charge in [-0.05, 0) is 0 Å². The zero-order valence-electron chi connectivity index (χ0n) is 23.3. The first-order chi connectivity index (χ1) is 17.8. The summed E-state index contributed by atoms with van der Waals surface area (Å²) in [5, 5.41) is 0. The van der Waals surface area contributed by atoms with Gasteiger partial charge in [0.15, 0.2) is 0 Å². The molecule has 1 aliphatic heterocycles. The van der Waals surface area contributed by atoms with Crippen molar-refractivity contribution in [2.24, 2.45) is 4.52 Å². The molecule has 0 amide bonds. The van der Waals surface area contributed by atoms with E-state index >= 15 is 0 Å². The van der Waals surface area contributed by atoms with Crippen molar-refractivity contribution >= 4 is 35.5 Å². The summed E-state index contributed by atoms with van der Waals surface area (Å²) in [6.45, 7) is 15.1. The number of para-hydroxylation sites is 4. The summed E-state index contributed by atoms with van der Waals surface area (Å²) >= 11 is 0. The van der Waals surface area contributed by atoms with E-state index in [1.165, 1.54) is 4.60 Å². The fourth-order valence-corrected chi connectivity index (χ4v) is 14.1. The molecule has 3 rings (SSSR count). The van der Waals surface area contributed by atoms with Gasteiger partial charge in [0.05, 0.1) is 0 Å². The van der Waals surface area contributed by atoms with Crippen LogP contribution in [0.15, 0.2) is 53.0 Å². The fourth-order valence-electron chi connectivity index (χ4n) is 3.66. The minimum atomic E-state index is -4.82. The normalized spacial score (nSPS) is 20.4. The van der Waals surface area contributed by atoms with E-state index in [1.54, 1.807) is 24.3 Å². The van der Waals surface area contributed by atoms with E-state index in [0.717, 1.165) is 0 Å². The fraction of sp³-hybridized carbons (Fsp3) is 0.500. The van der Waals surface area contributed by atoms with Gasteiger partial charge in [-0.2, -0.15) is 0 Å². The number of nitrogens with one attached hydrogen (secondary N) is 1. The molecular formula is C24H42N5O6P3. The van der Waals surface area contributed by atoms with Gasteiger partial charge in [0.25, 0.3) is 0 Å². The van der Waals surface area contributed by atoms with E-state index in [4.69, 9.17) is 43.4 Å². The van der Waals surface area contributed by atoms with Crippen LogP contribution in [0.3, 0.4) is 0 Å². The number of hydrogen-bond acceptors (Lipinski definition) is 11. The summed E-state index contributed by atoms with van der Waals surface area (Å²) in [5.74, 6) is 0.671. The van der Waals surface area contributed by atoms with Crippen molar-refractivity contribution in [2.75, 3.05) is 11.5 Å². The molecule has 0 bridgehead atoms. The number of nitrogens with two attached hydrogens (primary N) is 2. The number of hydrogen-bond donors (Lipinski definition) is 3. The van der Waals surface area contributed by atoms with Crippen molar-refractivity contribution < 1.29 is 27.5 Å². The molecule has 1 atom stereocenters. The molecule has 0 spiro atoms. The van der Waals surface area contributed by atoms with Crippen molar-refractivity contribution in [1.29, 1.82) is 0 Å². The zero-order chi connectivity index (χ0) is 28.2. The molecule has 1 aliphatic rings. The van der Waals surface area contributed by atoms with Crippen molar-refractivity contribution in [3.05, 3.63) is 48.5 Å². The van der Waals surface area contributed by atoms with Crippen LogP contribution < -0.4 is 25.7 Å². The second kappa shape index (κ2) is 12.3. The molecule has 2 aromatic rings. The molecule has 11 nitrogen and oxygen atoms in total. The SMILES string of the molecule is CC(C)OP1(OC(C)C)=NPNP(Oc2ccccc2N)(OC(C)C)(OC(C)C)N1Oc1ccccc1N. The van der Waals surface area contributed by atoms with E-state index in [0.29, 0.717) is 22.9 Å². The first-order valence-electron chi connectivity index (χ1n) is 12.6. The van der Waals surface area contributed by atoms with Crippen LogP contribution in [0.4, 0.5) is 11.4 Å². The molecule has 14 heteroatoms. The number of anilines is 2. The maximum atomic E-state index is 6.85. The van der Waals surface area contributed by atoms with Gasteiger partial charge in [0, 0.05) is 0 Å². The molecule has 0 fully saturated rings. The average molecular weight is 590 g/mol. The summed E-state index contributed by atoms with van der Waals surface area (Å²) in [4.78, 5) is 10.0. The molecule has 0 saturated carbocycles. The van der Waals surface area contributed by atoms with Gasteiger partial charge in [-0.3, -0.25) is 0 Å². The summed E-state index contributed by atoms with van der Waals surface area (Å²) in [6.07, 6.45) is -1.39. The predicted molar refractivity (Wildman–Crippen MR) is 157 cm³/mol. The molecule has 1 unspecified atom stereocenters. The average Bonchev–Trinajstić information content (AvgIpc) is 2.77. The Kier molecular flexibility index (Phi) is 10.1. The van der Waals surface area contributed by atoms with Crippen LogP contribution in [0.1, 0.15) is 55.4 Å². The van der Waals surface area contributed by atoms with Crippen molar-refractivity contribution in [1.82, 2.24) is 9.46 Å². The standard InChI is InChI=1S/C24H42N5O6P3/c1-17(2)31-37(32-18(3)4)27-36-28-38(33-19(5)6,34-20(7)8,35-24-16-12-10-14-22(24)26)29(37)30-23-15-11-9-13-21(23)25/h9-20,28,36H,25-26H2,1-8H3. The van der Waals surface area contributed by atoms with E-state index in [9.17, 15) is 0 Å². The van der Waals surface area contributed by atoms with E-state index < -0.39 is 27.5 Å². The Balaban J connectivity index is 2.43. The first-order valence-corrected chi connectivity index (χ1v) is 17.0. The van der Waals surface area contributed by atoms with Crippen LogP contribution in [-0.2, 0) is 18.1 Å². The third-order valence-electron chi connectivity index (χ3n) is 4.69. The van der Waals surface area contributed by atoms with Gasteiger partial charge < -0.3 is 0 Å². The number of rotatable bonds is 12. The number of nitrogen functional groups attached to an aromatic ring is 2. The third kappa shape index (κ3) is 6.79. The second-order valence-corrected chi connectivity index (χ2v) is 16.4. The Morgan fingerprint density at radius 2 is 1.24 bits per heavy atom. The van der Waals surface area contributed by atoms with E-state index in [1.807, 2.05) is 79.7 Å². The van der Waals surface area contributed by atoms with Gasteiger partial charge >= 0.3 is 228 Å². The van der Waals surface area contributed by atoms with Crippen LogP contribution in [0, 0.1) is 0 Å². The summed E-state index contributed by atoms with van der Waals surface area (Å²) in [7, 11) is -8.56. The summed E-state index contributed by atoms with van der Waals surface area (Å²) < 4.78 is 39.8. The quantitative estimate of drug-likeness (QED) is 0.170. The van der Waals surface area contributed by atoms with Crippen LogP contribution >= 0.6 is 24.1 Å². The van der Waals surface area contributed by atoms with Crippen LogP contribution in [0.2, 0.25) is 0 Å². The van der Waals surface area contributed by atoms with Crippen molar-refractivity contribution in [3.63, 3.8) is 0 Å². The molecule has 0 aliphatic carbocycles. The summed E-state index contributed by atoms with van der Waals surface area (Å²) in [6, 6.07) is 14.2. The summed E-state index contributed by atoms with van der Waals surface area (Å²) in [5.41, 5.74) is 13.5. The van der Waals surface area contributed by atoms with Crippen LogP contribution in [-0.4, -0.2) is 29.0 Å². The van der Waals surface area contributed by atoms with Crippen LogP contribution in [0.5, 0.6) is 11.5 Å². The topological polar surface area (TPSA) is 135 Å². The van der Waals surface area contributed by atoms with Gasteiger partial charge in [0.2, 0.25) is 0 Å². The Labute approximate surface area is 228 Å². The Hall–Kier alpha value is -1.51. The Morgan fingerprint density at radius 1 is 0.763 bits per heavy atom. The Bertz CT molecular complexity index is 1130. The Morgan fingerprint density at radius 3 is 1.68 bits per heavy atom. The molecular weight excluding hydrogens is 547 g/mol. The van der Waals surface area contributed by atoms with E-state index in [-0.39, 0.29) is 21.1 Å². The van der Waals surface area contributed by atoms with Gasteiger partial charge in [0.1, 0.15) is 0 Å². The van der Waals surface area contributed by atoms with Crippen molar-refractivity contribution in [2.45, 2.75) is 79.8 Å². The molecule has 214 valence electrons. The van der Waals surface area contributed by atoms with Crippen molar-refractivity contribution in [3.8, 4) is 11.5 Å². The number of benzene rings is 2. The van der Waals surface area contributed by atoms with Gasteiger partial charge in [-0.1, -0.05) is 0 Å². The molecule has 38 heavy (non-hydrogen) atoms. The number of nitrogens with zero attached hydrogens (tertiary/aromatic N) is 2. The monoisotopic (exact) mass is 589 g/mol. The third-order valence-corrected chi connectivity index (χ3v) is 14.3. The molecule has 5 N–H and O–H groups in total. The second-order valence-electron chi connectivity index (χ2n) is 9.78. The molecule has 0 aromatic heterocycles. The predicted octanol–water partition coefficient (Wildman–Crippen LogP) is 7.41. The van der Waals surface area contributed by atoms with Gasteiger partial charge in [-0.15, -0.1) is 0 Å². The zero-order valence-corrected chi connectivity index (χ0v) is 26.1. The molecule has 0 radical (unpaired) electrons. The molecule has 0 saturated heterocycles. The van der Waals surface area contributed by atoms with E-state index in [2.05, 4.69) is 4.86 Å². The van der Waals surface area contributed by atoms with Gasteiger partial charge in [-0.25, -0.2) is 0 Å². The maximum absolute atomic E-state index is 6.85. The van der Waals surface area contributed by atoms with Crippen LogP contribution in [0.25, 0.3) is 0 Å². The first kappa shape index (κ1) is 31.0. The minimum absolute atomic E-state index is 0.270. The molecule has 2 aromatic carbocycles.